The molecule has 1 aliphatic carbocycles. The fourth-order valence-electron chi connectivity index (χ4n) is 7.01. The van der Waals surface area contributed by atoms with Crippen molar-refractivity contribution in [1.29, 1.82) is 0 Å². The average molecular weight is 550 g/mol. The lowest BCUT2D eigenvalue weighted by molar-refractivity contribution is -0.135. The Morgan fingerprint density at radius 3 is 2.42 bits per heavy atom. The Balaban J connectivity index is 1.23. The molecule has 2 aliphatic heterocycles. The van der Waals surface area contributed by atoms with E-state index in [-0.39, 0.29) is 53.9 Å². The molecule has 5 rings (SSSR count). The molecule has 0 bridgehead atoms. The summed E-state index contributed by atoms with van der Waals surface area (Å²) in [5, 5.41) is 10.5. The van der Waals surface area contributed by atoms with E-state index < -0.39 is 6.04 Å². The monoisotopic (exact) mass is 549 g/mol. The first-order valence-corrected chi connectivity index (χ1v) is 15.1. The zero-order chi connectivity index (χ0) is 28.1. The number of halogens is 1. The zero-order valence-electron chi connectivity index (χ0n) is 23.6. The quantitative estimate of drug-likeness (QED) is 0.409. The number of nitrogens with one attached hydrogen (secondary N) is 3. The molecule has 0 aromatic heterocycles. The van der Waals surface area contributed by atoms with Gasteiger partial charge in [-0.05, 0) is 44.2 Å². The summed E-state index contributed by atoms with van der Waals surface area (Å²) in [5.41, 5.74) is 7.78. The van der Waals surface area contributed by atoms with Gasteiger partial charge in [0.05, 0.1) is 36.8 Å². The van der Waals surface area contributed by atoms with E-state index >= 15 is 4.39 Å². The smallest absolute Gasteiger partial charge is 0.237 e. The molecule has 1 spiro atoms. The van der Waals surface area contributed by atoms with E-state index in [1.54, 1.807) is 6.07 Å². The molecule has 2 heterocycles. The van der Waals surface area contributed by atoms with Gasteiger partial charge in [-0.15, -0.1) is 0 Å². The Labute approximate surface area is 237 Å². The van der Waals surface area contributed by atoms with Gasteiger partial charge in [-0.25, -0.2) is 4.39 Å². The van der Waals surface area contributed by atoms with Crippen LogP contribution in [0.3, 0.4) is 0 Å². The second kappa shape index (κ2) is 12.8. The summed E-state index contributed by atoms with van der Waals surface area (Å²) >= 11 is 0. The van der Waals surface area contributed by atoms with Crippen LogP contribution in [0.25, 0.3) is 0 Å². The van der Waals surface area contributed by atoms with Gasteiger partial charge in [0.25, 0.3) is 0 Å². The van der Waals surface area contributed by atoms with Crippen molar-refractivity contribution in [3.05, 3.63) is 71.5 Å². The van der Waals surface area contributed by atoms with Gasteiger partial charge in [-0.2, -0.15) is 0 Å². The van der Waals surface area contributed by atoms with E-state index in [4.69, 9.17) is 5.73 Å². The molecular weight excluding hydrogens is 505 g/mol. The third-order valence-corrected chi connectivity index (χ3v) is 9.16. The van der Waals surface area contributed by atoms with Gasteiger partial charge < -0.3 is 16.0 Å². The second-order valence-corrected chi connectivity index (χ2v) is 11.9. The van der Waals surface area contributed by atoms with Crippen molar-refractivity contribution < 1.29 is 14.0 Å². The largest absolute Gasteiger partial charge is 0.349 e. The molecule has 40 heavy (non-hydrogen) atoms. The summed E-state index contributed by atoms with van der Waals surface area (Å²) in [7, 11) is 0. The molecule has 1 saturated carbocycles. The summed E-state index contributed by atoms with van der Waals surface area (Å²) in [6.45, 7) is 2.61. The third kappa shape index (κ3) is 6.24. The fourth-order valence-corrected chi connectivity index (χ4v) is 7.01. The number of carbonyl (C=O) groups is 2. The molecule has 5 atom stereocenters. The number of nitrogens with zero attached hydrogens (tertiary/aromatic N) is 1. The summed E-state index contributed by atoms with van der Waals surface area (Å²) < 4.78 is 15.0. The standard InChI is InChI=1S/C32H44FN5O2/c1-22(35-31(40)26(34)21-28(39)38-20-12-17-27(38)23-13-6-5-7-14-23)30-36-29(24-15-8-9-16-25(24)33)32(37-30)18-10-3-2-4-11-19-32/h5-9,13-16,22,26-27,29-30,36-37H,2-4,10-12,17-21,34H2,1H3,(H,35,40)/t22-,26-,27+,29?,30?/m0/s1. The number of hydrogen-bond donors (Lipinski definition) is 4. The van der Waals surface area contributed by atoms with Crippen LogP contribution in [-0.4, -0.2) is 47.0 Å². The number of amides is 2. The molecule has 0 radical (unpaired) electrons. The fraction of sp³-hybridized carbons (Fsp3) is 0.562. The summed E-state index contributed by atoms with van der Waals surface area (Å²) in [6, 6.07) is 15.6. The molecular formula is C32H44FN5O2. The highest BCUT2D eigenvalue weighted by Gasteiger charge is 2.49. The summed E-state index contributed by atoms with van der Waals surface area (Å²) in [5.74, 6) is -0.648. The molecule has 8 heteroatoms. The summed E-state index contributed by atoms with van der Waals surface area (Å²) in [6.07, 6.45) is 9.22. The first kappa shape index (κ1) is 28.7. The average Bonchev–Trinajstić information content (AvgIpc) is 3.58. The van der Waals surface area contributed by atoms with Crippen molar-refractivity contribution in [2.45, 2.75) is 107 Å². The van der Waals surface area contributed by atoms with Crippen LogP contribution < -0.4 is 21.7 Å². The van der Waals surface area contributed by atoms with Gasteiger partial charge >= 0.3 is 0 Å². The van der Waals surface area contributed by atoms with E-state index in [1.807, 2.05) is 54.3 Å². The van der Waals surface area contributed by atoms with Gasteiger partial charge in [0.2, 0.25) is 11.8 Å². The Kier molecular flexibility index (Phi) is 9.18. The Bertz CT molecular complexity index is 1150. The third-order valence-electron chi connectivity index (χ3n) is 9.16. The van der Waals surface area contributed by atoms with Gasteiger partial charge in [-0.3, -0.25) is 20.2 Å². The molecule has 3 aliphatic rings. The van der Waals surface area contributed by atoms with E-state index in [9.17, 15) is 9.59 Å². The van der Waals surface area contributed by atoms with Crippen LogP contribution in [0.1, 0.15) is 94.3 Å². The number of likely N-dealkylation sites (tertiary alicyclic amines) is 1. The van der Waals surface area contributed by atoms with E-state index in [0.717, 1.165) is 44.1 Å². The van der Waals surface area contributed by atoms with Crippen LogP contribution in [0.5, 0.6) is 0 Å². The minimum Gasteiger partial charge on any atom is -0.349 e. The molecule has 2 aromatic rings. The highest BCUT2D eigenvalue weighted by atomic mass is 19.1. The Morgan fingerprint density at radius 2 is 1.70 bits per heavy atom. The van der Waals surface area contributed by atoms with Gasteiger partial charge in [0, 0.05) is 17.6 Å². The molecule has 7 nitrogen and oxygen atoms in total. The van der Waals surface area contributed by atoms with Crippen molar-refractivity contribution in [2.24, 2.45) is 5.73 Å². The molecule has 216 valence electrons. The minimum absolute atomic E-state index is 0.0325. The lowest BCUT2D eigenvalue weighted by Gasteiger charge is -2.37. The highest BCUT2D eigenvalue weighted by Crippen LogP contribution is 2.42. The first-order chi connectivity index (χ1) is 19.4. The first-order valence-electron chi connectivity index (χ1n) is 15.1. The normalized spacial score (nSPS) is 26.2. The predicted octanol–water partition coefficient (Wildman–Crippen LogP) is 4.45. The van der Waals surface area contributed by atoms with Crippen LogP contribution >= 0.6 is 0 Å². The second-order valence-electron chi connectivity index (χ2n) is 11.9. The number of hydrogen-bond acceptors (Lipinski definition) is 5. The van der Waals surface area contributed by atoms with Crippen LogP contribution in [0.4, 0.5) is 4.39 Å². The number of rotatable bonds is 7. The SMILES string of the molecule is C[C@H](NC(=O)[C@@H](N)CC(=O)N1CCC[C@@H]1c1ccccc1)C1NC(c2ccccc2F)C2(CCCCCCC2)N1. The molecule has 2 saturated heterocycles. The van der Waals surface area contributed by atoms with E-state index in [1.165, 1.54) is 25.3 Å². The van der Waals surface area contributed by atoms with E-state index in [2.05, 4.69) is 16.0 Å². The molecule has 2 unspecified atom stereocenters. The summed E-state index contributed by atoms with van der Waals surface area (Å²) in [4.78, 5) is 28.2. The van der Waals surface area contributed by atoms with Crippen LogP contribution in [-0.2, 0) is 9.59 Å². The number of carbonyl (C=O) groups excluding carboxylic acids is 2. The van der Waals surface area contributed by atoms with Crippen molar-refractivity contribution in [3.8, 4) is 0 Å². The lowest BCUT2D eigenvalue weighted by atomic mass is 9.77. The maximum atomic E-state index is 15.0. The molecule has 3 fully saturated rings. The van der Waals surface area contributed by atoms with Crippen LogP contribution in [0.15, 0.2) is 54.6 Å². The highest BCUT2D eigenvalue weighted by molar-refractivity contribution is 5.88. The van der Waals surface area contributed by atoms with Gasteiger partial charge in [-0.1, -0.05) is 80.6 Å². The maximum absolute atomic E-state index is 15.0. The zero-order valence-corrected chi connectivity index (χ0v) is 23.6. The van der Waals surface area contributed by atoms with Crippen molar-refractivity contribution in [2.75, 3.05) is 6.54 Å². The van der Waals surface area contributed by atoms with Crippen molar-refractivity contribution >= 4 is 11.8 Å². The molecule has 2 aromatic carbocycles. The lowest BCUT2D eigenvalue weighted by Crippen LogP contribution is -2.56. The molecule has 5 N–H and O–H groups in total. The Morgan fingerprint density at radius 1 is 1.02 bits per heavy atom. The van der Waals surface area contributed by atoms with Gasteiger partial charge in [0.1, 0.15) is 5.82 Å². The maximum Gasteiger partial charge on any atom is 0.237 e. The van der Waals surface area contributed by atoms with Crippen molar-refractivity contribution in [1.82, 2.24) is 20.9 Å². The van der Waals surface area contributed by atoms with E-state index in [0.29, 0.717) is 12.1 Å². The van der Waals surface area contributed by atoms with Crippen LogP contribution in [0.2, 0.25) is 0 Å². The molecule has 2 amide bonds. The number of benzene rings is 2. The predicted molar refractivity (Wildman–Crippen MR) is 155 cm³/mol. The minimum atomic E-state index is -0.939. The van der Waals surface area contributed by atoms with Gasteiger partial charge in [0.15, 0.2) is 0 Å². The Hall–Kier alpha value is -2.81. The number of nitrogens with two attached hydrogens (primary N) is 1. The van der Waals surface area contributed by atoms with Crippen LogP contribution in [0, 0.1) is 5.82 Å². The topological polar surface area (TPSA) is 99.5 Å². The van der Waals surface area contributed by atoms with Crippen molar-refractivity contribution in [3.63, 3.8) is 0 Å².